The van der Waals surface area contributed by atoms with Gasteiger partial charge in [-0.1, -0.05) is 30.3 Å². The number of nitrogens with zero attached hydrogens (tertiary/aromatic N) is 1. The van der Waals surface area contributed by atoms with Gasteiger partial charge in [-0.05, 0) is 79.2 Å². The molecular formula is C29H30N4O5S. The van der Waals surface area contributed by atoms with Crippen molar-refractivity contribution < 1.29 is 23.1 Å². The van der Waals surface area contributed by atoms with Crippen molar-refractivity contribution in [2.45, 2.75) is 17.4 Å². The van der Waals surface area contributed by atoms with E-state index in [1.54, 1.807) is 73.1 Å². The number of aliphatic hydroxyl groups is 1. The molecule has 0 bridgehead atoms. The molecule has 0 spiro atoms. The number of pyridine rings is 1. The van der Waals surface area contributed by atoms with Gasteiger partial charge < -0.3 is 20.5 Å². The van der Waals surface area contributed by atoms with Crippen LogP contribution in [0.5, 0.6) is 5.75 Å². The average molecular weight is 547 g/mol. The van der Waals surface area contributed by atoms with Crippen LogP contribution in [0.25, 0.3) is 0 Å². The molecule has 0 saturated heterocycles. The minimum atomic E-state index is -3.80. The maximum atomic E-state index is 12.8. The third-order valence-electron chi connectivity index (χ3n) is 5.71. The minimum absolute atomic E-state index is 0.0829. The third kappa shape index (κ3) is 8.64. The van der Waals surface area contributed by atoms with Crippen LogP contribution in [0.1, 0.15) is 15.9 Å². The van der Waals surface area contributed by atoms with Gasteiger partial charge >= 0.3 is 0 Å². The summed E-state index contributed by atoms with van der Waals surface area (Å²) >= 11 is 0. The monoisotopic (exact) mass is 546 g/mol. The summed E-state index contributed by atoms with van der Waals surface area (Å²) in [4.78, 5) is 16.3. The molecule has 1 heterocycles. The number of anilines is 2. The average Bonchev–Trinajstić information content (AvgIpc) is 2.96. The number of sulfonamides is 1. The molecule has 4 rings (SSSR count). The Morgan fingerprint density at radius 2 is 1.62 bits per heavy atom. The summed E-state index contributed by atoms with van der Waals surface area (Å²) in [7, 11) is -3.80. The highest BCUT2D eigenvalue weighted by Crippen LogP contribution is 2.19. The Morgan fingerprint density at radius 3 is 2.31 bits per heavy atom. The Kier molecular flexibility index (Phi) is 9.63. The summed E-state index contributed by atoms with van der Waals surface area (Å²) < 4.78 is 33.7. The van der Waals surface area contributed by atoms with Crippen molar-refractivity contribution in [3.8, 4) is 5.75 Å². The van der Waals surface area contributed by atoms with E-state index in [0.717, 1.165) is 5.56 Å². The van der Waals surface area contributed by atoms with E-state index in [1.807, 2.05) is 18.2 Å². The normalized spacial score (nSPS) is 11.9. The van der Waals surface area contributed by atoms with E-state index in [0.29, 0.717) is 42.2 Å². The number of hydrogen-bond acceptors (Lipinski definition) is 7. The molecule has 9 nitrogen and oxygen atoms in total. The van der Waals surface area contributed by atoms with Crippen molar-refractivity contribution in [2.75, 3.05) is 29.7 Å². The van der Waals surface area contributed by atoms with E-state index < -0.39 is 16.1 Å². The summed E-state index contributed by atoms with van der Waals surface area (Å²) in [6.45, 7) is 1.19. The summed E-state index contributed by atoms with van der Waals surface area (Å²) in [5.74, 6) is 0.335. The zero-order valence-corrected chi connectivity index (χ0v) is 22.0. The molecule has 0 aliphatic rings. The molecule has 202 valence electrons. The molecular weight excluding hydrogens is 516 g/mol. The highest BCUT2D eigenvalue weighted by Gasteiger charge is 2.15. The molecule has 1 aromatic heterocycles. The number of rotatable bonds is 13. The molecule has 0 aliphatic heterocycles. The number of carbonyl (C=O) groups is 1. The van der Waals surface area contributed by atoms with Crippen LogP contribution in [0.3, 0.4) is 0 Å². The second kappa shape index (κ2) is 13.5. The van der Waals surface area contributed by atoms with E-state index >= 15 is 0 Å². The van der Waals surface area contributed by atoms with Crippen LogP contribution in [0.15, 0.2) is 108 Å². The summed E-state index contributed by atoms with van der Waals surface area (Å²) in [5, 5.41) is 16.0. The van der Waals surface area contributed by atoms with Gasteiger partial charge in [-0.2, -0.15) is 0 Å². The zero-order valence-electron chi connectivity index (χ0n) is 21.2. The molecule has 3 aromatic carbocycles. The maximum Gasteiger partial charge on any atom is 0.261 e. The number of aliphatic hydroxyl groups excluding tert-OH is 1. The first-order valence-corrected chi connectivity index (χ1v) is 13.9. The van der Waals surface area contributed by atoms with Crippen molar-refractivity contribution in [3.05, 3.63) is 115 Å². The first-order valence-electron chi connectivity index (χ1n) is 12.4. The topological polar surface area (TPSA) is 130 Å². The van der Waals surface area contributed by atoms with E-state index in [-0.39, 0.29) is 17.4 Å². The summed E-state index contributed by atoms with van der Waals surface area (Å²) in [6, 6.07) is 25.4. The molecule has 1 atom stereocenters. The molecule has 0 saturated carbocycles. The standard InChI is InChI=1S/C29H30N4O5S/c34-26(21-38-27-7-4-17-30-20-27)19-31-18-16-22-8-10-25(11-9-22)33-39(36,37)28-14-12-24(13-15-28)32-29(35)23-5-2-1-3-6-23/h1-15,17,20,26,31,33-34H,16,18-19,21H2,(H,32,35). The predicted molar refractivity (Wildman–Crippen MR) is 150 cm³/mol. The first-order chi connectivity index (χ1) is 18.9. The predicted octanol–water partition coefficient (Wildman–Crippen LogP) is 3.71. The van der Waals surface area contributed by atoms with Crippen molar-refractivity contribution in [2.24, 2.45) is 0 Å². The van der Waals surface area contributed by atoms with Gasteiger partial charge in [0.2, 0.25) is 0 Å². The Balaban J connectivity index is 1.21. The third-order valence-corrected chi connectivity index (χ3v) is 7.11. The largest absolute Gasteiger partial charge is 0.489 e. The van der Waals surface area contributed by atoms with Crippen molar-refractivity contribution in [1.29, 1.82) is 0 Å². The first kappa shape index (κ1) is 27.8. The van der Waals surface area contributed by atoms with Crippen LogP contribution in [0.4, 0.5) is 11.4 Å². The number of carbonyl (C=O) groups excluding carboxylic acids is 1. The lowest BCUT2D eigenvalue weighted by molar-refractivity contribution is 0.102. The van der Waals surface area contributed by atoms with Gasteiger partial charge in [0, 0.05) is 29.7 Å². The van der Waals surface area contributed by atoms with Crippen LogP contribution in [-0.2, 0) is 16.4 Å². The zero-order chi connectivity index (χ0) is 27.5. The summed E-state index contributed by atoms with van der Waals surface area (Å²) in [6.07, 6.45) is 3.30. The highest BCUT2D eigenvalue weighted by atomic mass is 32.2. The minimum Gasteiger partial charge on any atom is -0.489 e. The van der Waals surface area contributed by atoms with Gasteiger partial charge in [-0.3, -0.25) is 14.5 Å². The van der Waals surface area contributed by atoms with Crippen LogP contribution < -0.4 is 20.1 Å². The molecule has 4 aromatic rings. The number of hydrogen-bond donors (Lipinski definition) is 4. The van der Waals surface area contributed by atoms with Crippen LogP contribution in [-0.4, -0.2) is 50.2 Å². The van der Waals surface area contributed by atoms with Gasteiger partial charge in [0.1, 0.15) is 18.5 Å². The quantitative estimate of drug-likeness (QED) is 0.188. The number of ether oxygens (including phenoxy) is 1. The Morgan fingerprint density at radius 1 is 0.897 bits per heavy atom. The molecule has 0 fully saturated rings. The van der Waals surface area contributed by atoms with Crippen LogP contribution in [0.2, 0.25) is 0 Å². The van der Waals surface area contributed by atoms with Gasteiger partial charge in [0.15, 0.2) is 0 Å². The fourth-order valence-electron chi connectivity index (χ4n) is 3.65. The van der Waals surface area contributed by atoms with Gasteiger partial charge in [-0.25, -0.2) is 8.42 Å². The lowest BCUT2D eigenvalue weighted by atomic mass is 10.1. The van der Waals surface area contributed by atoms with Crippen molar-refractivity contribution >= 4 is 27.3 Å². The second-order valence-corrected chi connectivity index (χ2v) is 10.4. The molecule has 1 unspecified atom stereocenters. The second-order valence-electron chi connectivity index (χ2n) is 8.75. The van der Waals surface area contributed by atoms with Crippen LogP contribution >= 0.6 is 0 Å². The number of amides is 1. The molecule has 10 heteroatoms. The molecule has 1 amide bonds. The number of benzene rings is 3. The highest BCUT2D eigenvalue weighted by molar-refractivity contribution is 7.92. The van der Waals surface area contributed by atoms with Crippen molar-refractivity contribution in [3.63, 3.8) is 0 Å². The lowest BCUT2D eigenvalue weighted by Gasteiger charge is -2.13. The van der Waals surface area contributed by atoms with E-state index in [2.05, 4.69) is 20.3 Å². The summed E-state index contributed by atoms with van der Waals surface area (Å²) in [5.41, 5.74) is 2.47. The van der Waals surface area contributed by atoms with Gasteiger partial charge in [0.05, 0.1) is 11.1 Å². The molecule has 39 heavy (non-hydrogen) atoms. The van der Waals surface area contributed by atoms with Gasteiger partial charge in [0.25, 0.3) is 15.9 Å². The number of aromatic nitrogens is 1. The van der Waals surface area contributed by atoms with Crippen molar-refractivity contribution in [1.82, 2.24) is 10.3 Å². The van der Waals surface area contributed by atoms with E-state index in [4.69, 9.17) is 4.74 Å². The molecule has 4 N–H and O–H groups in total. The fraction of sp³-hybridized carbons (Fsp3) is 0.172. The SMILES string of the molecule is O=C(Nc1ccc(S(=O)(=O)Nc2ccc(CCNCC(O)COc3cccnc3)cc2)cc1)c1ccccc1. The number of nitrogens with one attached hydrogen (secondary N) is 3. The smallest absolute Gasteiger partial charge is 0.261 e. The lowest BCUT2D eigenvalue weighted by Crippen LogP contribution is -2.32. The fourth-order valence-corrected chi connectivity index (χ4v) is 4.71. The van der Waals surface area contributed by atoms with Gasteiger partial charge in [-0.15, -0.1) is 0 Å². The maximum absolute atomic E-state index is 12.8. The van der Waals surface area contributed by atoms with E-state index in [1.165, 1.54) is 12.1 Å². The Bertz CT molecular complexity index is 1430. The Labute approximate surface area is 227 Å². The Hall–Kier alpha value is -4.25. The van der Waals surface area contributed by atoms with E-state index in [9.17, 15) is 18.3 Å². The molecule has 0 radical (unpaired) electrons. The van der Waals surface area contributed by atoms with Crippen LogP contribution in [0, 0.1) is 0 Å². The molecule has 0 aliphatic carbocycles.